The number of aromatic nitrogens is 4. The van der Waals surface area contributed by atoms with Crippen LogP contribution in [0.3, 0.4) is 0 Å². The summed E-state index contributed by atoms with van der Waals surface area (Å²) in [5.74, 6) is 0.200. The van der Waals surface area contributed by atoms with E-state index in [-0.39, 0.29) is 11.7 Å². The van der Waals surface area contributed by atoms with E-state index in [1.165, 1.54) is 28.2 Å². The highest BCUT2D eigenvalue weighted by molar-refractivity contribution is 7.99. The van der Waals surface area contributed by atoms with Crippen LogP contribution in [-0.4, -0.2) is 30.8 Å². The van der Waals surface area contributed by atoms with Gasteiger partial charge in [0.15, 0.2) is 10.8 Å². The maximum absolute atomic E-state index is 12.5. The summed E-state index contributed by atoms with van der Waals surface area (Å²) < 4.78 is 4.17. The van der Waals surface area contributed by atoms with Gasteiger partial charge in [-0.1, -0.05) is 36.0 Å². The molecule has 6 nitrogen and oxygen atoms in total. The lowest BCUT2D eigenvalue weighted by molar-refractivity contribution is -0.113. The first-order valence-corrected chi connectivity index (χ1v) is 10.5. The monoisotopic (exact) mass is 401 g/mol. The third-order valence-corrected chi connectivity index (χ3v) is 5.93. The SMILES string of the molecule is CCn1c2ccccc2c2cc(NC(=O)CSc3nnc4ccccn34)ccc21. The summed E-state index contributed by atoms with van der Waals surface area (Å²) in [5, 5.41) is 14.3. The maximum Gasteiger partial charge on any atom is 0.234 e. The molecule has 2 aromatic carbocycles. The number of anilines is 1. The molecule has 0 radical (unpaired) electrons. The largest absolute Gasteiger partial charge is 0.341 e. The molecule has 5 rings (SSSR count). The second-order valence-corrected chi connectivity index (χ2v) is 7.68. The van der Waals surface area contributed by atoms with Gasteiger partial charge in [-0.2, -0.15) is 0 Å². The number of fused-ring (bicyclic) bond motifs is 4. The number of hydrogen-bond acceptors (Lipinski definition) is 4. The van der Waals surface area contributed by atoms with Crippen molar-refractivity contribution in [2.24, 2.45) is 0 Å². The van der Waals surface area contributed by atoms with Crippen LogP contribution < -0.4 is 5.32 Å². The molecule has 0 atom stereocenters. The average molecular weight is 401 g/mol. The number of nitrogens with one attached hydrogen (secondary N) is 1. The summed E-state index contributed by atoms with van der Waals surface area (Å²) in [6, 6.07) is 20.2. The Hall–Kier alpha value is -3.32. The van der Waals surface area contributed by atoms with Crippen molar-refractivity contribution in [3.8, 4) is 0 Å². The zero-order valence-corrected chi connectivity index (χ0v) is 16.7. The number of amides is 1. The summed E-state index contributed by atoms with van der Waals surface area (Å²) >= 11 is 1.37. The Morgan fingerprint density at radius 2 is 1.83 bits per heavy atom. The first-order valence-electron chi connectivity index (χ1n) is 9.48. The number of carbonyl (C=O) groups is 1. The lowest BCUT2D eigenvalue weighted by Gasteiger charge is -2.06. The van der Waals surface area contributed by atoms with Crippen molar-refractivity contribution >= 4 is 50.8 Å². The molecular weight excluding hydrogens is 382 g/mol. The van der Waals surface area contributed by atoms with Crippen molar-refractivity contribution in [2.75, 3.05) is 11.1 Å². The fraction of sp³-hybridized carbons (Fsp3) is 0.136. The Labute approximate surface area is 171 Å². The molecule has 0 saturated heterocycles. The van der Waals surface area contributed by atoms with E-state index in [2.05, 4.69) is 57.3 Å². The lowest BCUT2D eigenvalue weighted by Crippen LogP contribution is -2.14. The van der Waals surface area contributed by atoms with Gasteiger partial charge < -0.3 is 9.88 Å². The standard InChI is InChI=1S/C22H19N5OS/c1-2-26-18-8-4-3-7-16(18)17-13-15(10-11-19(17)26)23-21(28)14-29-22-25-24-20-9-5-6-12-27(20)22/h3-13H,2,14H2,1H3,(H,23,28). The zero-order chi connectivity index (χ0) is 19.8. The van der Waals surface area contributed by atoms with Gasteiger partial charge in [0.25, 0.3) is 0 Å². The van der Waals surface area contributed by atoms with Crippen LogP contribution in [0, 0.1) is 0 Å². The Kier molecular flexibility index (Phi) is 4.44. The van der Waals surface area contributed by atoms with Gasteiger partial charge >= 0.3 is 0 Å². The number of benzene rings is 2. The summed E-state index contributed by atoms with van der Waals surface area (Å²) in [6.07, 6.45) is 1.90. The summed E-state index contributed by atoms with van der Waals surface area (Å²) in [5.41, 5.74) is 3.96. The van der Waals surface area contributed by atoms with Gasteiger partial charge in [-0.25, -0.2) is 0 Å². The van der Waals surface area contributed by atoms with Gasteiger partial charge in [0.05, 0.1) is 5.75 Å². The van der Waals surface area contributed by atoms with Crippen molar-refractivity contribution in [3.05, 3.63) is 66.9 Å². The number of carbonyl (C=O) groups excluding carboxylic acids is 1. The van der Waals surface area contributed by atoms with Crippen LogP contribution in [0.25, 0.3) is 27.5 Å². The minimum Gasteiger partial charge on any atom is -0.341 e. The maximum atomic E-state index is 12.5. The quantitative estimate of drug-likeness (QED) is 0.438. The topological polar surface area (TPSA) is 64.2 Å². The van der Waals surface area contributed by atoms with Crippen LogP contribution in [0.2, 0.25) is 0 Å². The number of hydrogen-bond donors (Lipinski definition) is 1. The van der Waals surface area contributed by atoms with Crippen molar-refractivity contribution in [1.82, 2.24) is 19.2 Å². The van der Waals surface area contributed by atoms with Gasteiger partial charge in [0.1, 0.15) is 0 Å². The number of rotatable bonds is 5. The molecule has 3 heterocycles. The van der Waals surface area contributed by atoms with E-state index in [0.717, 1.165) is 23.3 Å². The van der Waals surface area contributed by atoms with Crippen LogP contribution >= 0.6 is 11.8 Å². The minimum absolute atomic E-state index is 0.0683. The molecule has 1 amide bonds. The predicted molar refractivity (Wildman–Crippen MR) is 117 cm³/mol. The van der Waals surface area contributed by atoms with Crippen molar-refractivity contribution < 1.29 is 4.79 Å². The number of aryl methyl sites for hydroxylation is 1. The van der Waals surface area contributed by atoms with Crippen molar-refractivity contribution in [2.45, 2.75) is 18.6 Å². The molecule has 0 bridgehead atoms. The third kappa shape index (κ3) is 3.13. The molecule has 0 aliphatic rings. The molecule has 3 aromatic heterocycles. The molecular formula is C22H19N5OS. The first kappa shape index (κ1) is 17.8. The molecule has 0 aliphatic carbocycles. The lowest BCUT2D eigenvalue weighted by atomic mass is 10.1. The van der Waals surface area contributed by atoms with Crippen LogP contribution in [0.15, 0.2) is 72.0 Å². The second kappa shape index (κ2) is 7.25. The summed E-state index contributed by atoms with van der Waals surface area (Å²) in [7, 11) is 0. The predicted octanol–water partition coefficient (Wildman–Crippen LogP) is 4.59. The molecule has 1 N–H and O–H groups in total. The Bertz CT molecular complexity index is 1350. The normalized spacial score (nSPS) is 11.5. The van der Waals surface area contributed by atoms with Gasteiger partial charge in [0.2, 0.25) is 5.91 Å². The van der Waals surface area contributed by atoms with E-state index in [1.807, 2.05) is 40.9 Å². The molecule has 0 spiro atoms. The smallest absolute Gasteiger partial charge is 0.234 e. The molecule has 0 saturated carbocycles. The molecule has 0 unspecified atom stereocenters. The third-order valence-electron chi connectivity index (χ3n) is 4.99. The van der Waals surface area contributed by atoms with Gasteiger partial charge in [-0.15, -0.1) is 10.2 Å². The van der Waals surface area contributed by atoms with Gasteiger partial charge in [-0.05, 0) is 43.3 Å². The highest BCUT2D eigenvalue weighted by atomic mass is 32.2. The zero-order valence-electron chi connectivity index (χ0n) is 15.9. The van der Waals surface area contributed by atoms with E-state index >= 15 is 0 Å². The Balaban J connectivity index is 1.37. The van der Waals surface area contributed by atoms with E-state index in [0.29, 0.717) is 5.16 Å². The van der Waals surface area contributed by atoms with E-state index in [1.54, 1.807) is 0 Å². The van der Waals surface area contributed by atoms with Crippen LogP contribution in [0.4, 0.5) is 5.69 Å². The minimum atomic E-state index is -0.0683. The molecule has 29 heavy (non-hydrogen) atoms. The molecule has 0 aliphatic heterocycles. The van der Waals surface area contributed by atoms with Crippen LogP contribution in [0.5, 0.6) is 0 Å². The molecule has 5 aromatic rings. The fourth-order valence-electron chi connectivity index (χ4n) is 3.72. The number of nitrogens with zero attached hydrogens (tertiary/aromatic N) is 4. The molecule has 144 valence electrons. The second-order valence-electron chi connectivity index (χ2n) is 6.74. The highest BCUT2D eigenvalue weighted by Crippen LogP contribution is 2.31. The van der Waals surface area contributed by atoms with Crippen LogP contribution in [0.1, 0.15) is 6.92 Å². The first-order chi connectivity index (χ1) is 14.2. The Morgan fingerprint density at radius 3 is 2.72 bits per heavy atom. The van der Waals surface area contributed by atoms with E-state index in [9.17, 15) is 4.79 Å². The number of para-hydroxylation sites is 1. The summed E-state index contributed by atoms with van der Waals surface area (Å²) in [6.45, 7) is 3.05. The molecule has 7 heteroatoms. The van der Waals surface area contributed by atoms with Crippen molar-refractivity contribution in [1.29, 1.82) is 0 Å². The molecule has 0 fully saturated rings. The van der Waals surface area contributed by atoms with Crippen LogP contribution in [-0.2, 0) is 11.3 Å². The van der Waals surface area contributed by atoms with Gasteiger partial charge in [-0.3, -0.25) is 9.20 Å². The number of pyridine rings is 1. The number of thioether (sulfide) groups is 1. The summed E-state index contributed by atoms with van der Waals surface area (Å²) in [4.78, 5) is 12.5. The highest BCUT2D eigenvalue weighted by Gasteiger charge is 2.12. The van der Waals surface area contributed by atoms with E-state index < -0.39 is 0 Å². The Morgan fingerprint density at radius 1 is 1.00 bits per heavy atom. The van der Waals surface area contributed by atoms with E-state index in [4.69, 9.17) is 0 Å². The van der Waals surface area contributed by atoms with Gasteiger partial charge in [0, 0.05) is 40.2 Å². The van der Waals surface area contributed by atoms with Crippen molar-refractivity contribution in [3.63, 3.8) is 0 Å². The average Bonchev–Trinajstić information content (AvgIpc) is 3.31. The fourth-order valence-corrected chi connectivity index (χ4v) is 4.44.